The number of hydrogen-bond acceptors (Lipinski definition) is 6. The SMILES string of the molecule is CCOC(=O)COc1ccc(Br)cc1C=NNC(=O)c1cc2ccccc2cc1O. The van der Waals surface area contributed by atoms with Crippen LogP contribution in [-0.4, -0.2) is 36.4 Å². The predicted octanol–water partition coefficient (Wildman–Crippen LogP) is 4.01. The fourth-order valence-electron chi connectivity index (χ4n) is 2.72. The Morgan fingerprint density at radius 3 is 2.60 bits per heavy atom. The first-order chi connectivity index (χ1) is 14.5. The van der Waals surface area contributed by atoms with Crippen LogP contribution in [0.2, 0.25) is 0 Å². The van der Waals surface area contributed by atoms with Gasteiger partial charge >= 0.3 is 5.97 Å². The molecule has 0 unspecified atom stereocenters. The fourth-order valence-corrected chi connectivity index (χ4v) is 3.10. The summed E-state index contributed by atoms with van der Waals surface area (Å²) in [6.45, 7) is 1.74. The molecule has 0 saturated carbocycles. The molecule has 0 bridgehead atoms. The zero-order valence-corrected chi connectivity index (χ0v) is 17.7. The Morgan fingerprint density at radius 1 is 1.13 bits per heavy atom. The number of hydrogen-bond donors (Lipinski definition) is 2. The van der Waals surface area contributed by atoms with Gasteiger partial charge in [-0.15, -0.1) is 0 Å². The molecule has 0 aliphatic rings. The summed E-state index contributed by atoms with van der Waals surface area (Å²) in [5, 5.41) is 15.8. The van der Waals surface area contributed by atoms with Crippen molar-refractivity contribution in [2.45, 2.75) is 6.92 Å². The quantitative estimate of drug-likeness (QED) is 0.308. The largest absolute Gasteiger partial charge is 0.507 e. The number of aromatic hydroxyl groups is 1. The molecular weight excluding hydrogens is 452 g/mol. The van der Waals surface area contributed by atoms with Crippen molar-refractivity contribution in [2.24, 2.45) is 5.10 Å². The van der Waals surface area contributed by atoms with Crippen LogP contribution in [-0.2, 0) is 9.53 Å². The number of carbonyl (C=O) groups is 2. The summed E-state index contributed by atoms with van der Waals surface area (Å²) in [6.07, 6.45) is 1.39. The number of amides is 1. The summed E-state index contributed by atoms with van der Waals surface area (Å²) in [4.78, 5) is 24.0. The van der Waals surface area contributed by atoms with Crippen LogP contribution in [0.3, 0.4) is 0 Å². The van der Waals surface area contributed by atoms with Gasteiger partial charge in [0.2, 0.25) is 0 Å². The number of hydrazone groups is 1. The van der Waals surface area contributed by atoms with Crippen molar-refractivity contribution in [1.82, 2.24) is 5.43 Å². The van der Waals surface area contributed by atoms with Gasteiger partial charge in [-0.05, 0) is 48.0 Å². The first-order valence-electron chi connectivity index (χ1n) is 9.11. The molecule has 30 heavy (non-hydrogen) atoms. The summed E-state index contributed by atoms with van der Waals surface area (Å²) in [6, 6.07) is 15.7. The van der Waals surface area contributed by atoms with E-state index in [4.69, 9.17) is 9.47 Å². The molecule has 0 aliphatic heterocycles. The van der Waals surface area contributed by atoms with Crippen molar-refractivity contribution in [1.29, 1.82) is 0 Å². The van der Waals surface area contributed by atoms with E-state index in [0.717, 1.165) is 15.2 Å². The van der Waals surface area contributed by atoms with Crippen LogP contribution in [0.25, 0.3) is 10.8 Å². The molecule has 0 saturated heterocycles. The van der Waals surface area contributed by atoms with E-state index in [9.17, 15) is 14.7 Å². The number of benzene rings is 3. The van der Waals surface area contributed by atoms with Gasteiger partial charge in [-0.1, -0.05) is 40.2 Å². The Morgan fingerprint density at radius 2 is 1.87 bits per heavy atom. The number of halogens is 1. The first kappa shape index (κ1) is 21.3. The summed E-state index contributed by atoms with van der Waals surface area (Å²) in [5.41, 5.74) is 3.04. The third-order valence-corrected chi connectivity index (χ3v) is 4.59. The molecule has 2 N–H and O–H groups in total. The minimum absolute atomic E-state index is 0.110. The summed E-state index contributed by atoms with van der Waals surface area (Å²) < 4.78 is 11.1. The van der Waals surface area contributed by atoms with Crippen LogP contribution < -0.4 is 10.2 Å². The molecule has 1 amide bonds. The van der Waals surface area contributed by atoms with Gasteiger partial charge in [0.25, 0.3) is 5.91 Å². The third kappa shape index (κ3) is 5.36. The molecule has 0 aromatic heterocycles. The molecule has 3 aromatic rings. The van der Waals surface area contributed by atoms with Crippen molar-refractivity contribution >= 4 is 44.8 Å². The number of carbonyl (C=O) groups excluding carboxylic acids is 2. The molecule has 8 heteroatoms. The smallest absolute Gasteiger partial charge is 0.344 e. The summed E-state index contributed by atoms with van der Waals surface area (Å²) in [5.74, 6) is -0.776. The monoisotopic (exact) mass is 470 g/mol. The second-order valence-corrected chi connectivity index (χ2v) is 7.11. The maximum Gasteiger partial charge on any atom is 0.344 e. The minimum Gasteiger partial charge on any atom is -0.507 e. The normalized spacial score (nSPS) is 10.9. The van der Waals surface area contributed by atoms with Crippen molar-refractivity contribution < 1.29 is 24.2 Å². The average Bonchev–Trinajstić information content (AvgIpc) is 2.72. The molecule has 3 aromatic carbocycles. The van der Waals surface area contributed by atoms with Crippen LogP contribution >= 0.6 is 15.9 Å². The van der Waals surface area contributed by atoms with Crippen molar-refractivity contribution in [3.05, 3.63) is 70.2 Å². The number of phenolic OH excluding ortho intramolecular Hbond substituents is 1. The lowest BCUT2D eigenvalue weighted by Gasteiger charge is -2.09. The Bertz CT molecular complexity index is 1110. The van der Waals surface area contributed by atoms with Gasteiger partial charge in [0.05, 0.1) is 18.4 Å². The van der Waals surface area contributed by atoms with E-state index in [1.807, 2.05) is 24.3 Å². The van der Waals surface area contributed by atoms with Gasteiger partial charge in [0.1, 0.15) is 11.5 Å². The van der Waals surface area contributed by atoms with Gasteiger partial charge in [-0.3, -0.25) is 4.79 Å². The first-order valence-corrected chi connectivity index (χ1v) is 9.90. The van der Waals surface area contributed by atoms with Crippen molar-refractivity contribution in [3.63, 3.8) is 0 Å². The van der Waals surface area contributed by atoms with Gasteiger partial charge < -0.3 is 14.6 Å². The number of ether oxygens (including phenoxy) is 2. The highest BCUT2D eigenvalue weighted by atomic mass is 79.9. The molecule has 0 fully saturated rings. The lowest BCUT2D eigenvalue weighted by Crippen LogP contribution is -2.18. The molecule has 0 radical (unpaired) electrons. The van der Waals surface area contributed by atoms with E-state index in [0.29, 0.717) is 11.3 Å². The third-order valence-electron chi connectivity index (χ3n) is 4.10. The molecule has 0 spiro atoms. The zero-order valence-electron chi connectivity index (χ0n) is 16.1. The maximum atomic E-state index is 12.5. The van der Waals surface area contributed by atoms with Crippen LogP contribution in [0.1, 0.15) is 22.8 Å². The van der Waals surface area contributed by atoms with Gasteiger partial charge in [0.15, 0.2) is 6.61 Å². The minimum atomic E-state index is -0.557. The van der Waals surface area contributed by atoms with Crippen molar-refractivity contribution in [2.75, 3.05) is 13.2 Å². The van der Waals surface area contributed by atoms with Gasteiger partial charge in [-0.25, -0.2) is 10.2 Å². The van der Waals surface area contributed by atoms with E-state index in [1.165, 1.54) is 12.3 Å². The maximum absolute atomic E-state index is 12.5. The summed E-state index contributed by atoms with van der Waals surface area (Å²) >= 11 is 3.36. The average molecular weight is 471 g/mol. The Kier molecular flexibility index (Phi) is 7.03. The number of esters is 1. The van der Waals surface area contributed by atoms with E-state index in [1.54, 1.807) is 31.2 Å². The van der Waals surface area contributed by atoms with Crippen LogP contribution in [0.5, 0.6) is 11.5 Å². The molecule has 7 nitrogen and oxygen atoms in total. The number of phenols is 1. The van der Waals surface area contributed by atoms with Crippen LogP contribution in [0.4, 0.5) is 0 Å². The Labute approximate surface area is 181 Å². The van der Waals surface area contributed by atoms with E-state index in [2.05, 4.69) is 26.5 Å². The molecule has 0 atom stereocenters. The van der Waals surface area contributed by atoms with E-state index < -0.39 is 11.9 Å². The lowest BCUT2D eigenvalue weighted by molar-refractivity contribution is -0.145. The zero-order chi connectivity index (χ0) is 21.5. The van der Waals surface area contributed by atoms with E-state index in [-0.39, 0.29) is 24.5 Å². The molecule has 3 rings (SSSR count). The predicted molar refractivity (Wildman–Crippen MR) is 117 cm³/mol. The number of nitrogens with zero attached hydrogens (tertiary/aromatic N) is 1. The number of rotatable bonds is 7. The van der Waals surface area contributed by atoms with Crippen molar-refractivity contribution in [3.8, 4) is 11.5 Å². The summed E-state index contributed by atoms with van der Waals surface area (Å²) in [7, 11) is 0. The molecular formula is C22H19BrN2O5. The highest BCUT2D eigenvalue weighted by molar-refractivity contribution is 9.10. The topological polar surface area (TPSA) is 97.2 Å². The van der Waals surface area contributed by atoms with Crippen LogP contribution in [0, 0.1) is 0 Å². The lowest BCUT2D eigenvalue weighted by atomic mass is 10.1. The standard InChI is InChI=1S/C22H19BrN2O5/c1-2-29-21(27)13-30-20-8-7-17(23)9-16(20)12-24-25-22(28)18-10-14-5-3-4-6-15(14)11-19(18)26/h3-12,26H,2,13H2,1H3,(H,25,28). The molecule has 0 heterocycles. The van der Waals surface area contributed by atoms with Gasteiger partial charge in [-0.2, -0.15) is 5.10 Å². The highest BCUT2D eigenvalue weighted by Crippen LogP contribution is 2.25. The van der Waals surface area contributed by atoms with Gasteiger partial charge in [0, 0.05) is 10.0 Å². The molecule has 154 valence electrons. The number of nitrogens with one attached hydrogen (secondary N) is 1. The van der Waals surface area contributed by atoms with Crippen LogP contribution in [0.15, 0.2) is 64.2 Å². The second-order valence-electron chi connectivity index (χ2n) is 6.19. The second kappa shape index (κ2) is 9.89. The highest BCUT2D eigenvalue weighted by Gasteiger charge is 2.12. The Hall–Kier alpha value is -3.39. The molecule has 0 aliphatic carbocycles. The Balaban J connectivity index is 1.73. The van der Waals surface area contributed by atoms with E-state index >= 15 is 0 Å². The fraction of sp³-hybridized carbons (Fsp3) is 0.136. The number of fused-ring (bicyclic) bond motifs is 1.